The molecule has 0 radical (unpaired) electrons. The highest BCUT2D eigenvalue weighted by molar-refractivity contribution is 7.80. The molecule has 0 saturated heterocycles. The topological polar surface area (TPSA) is 73.5 Å². The van der Waals surface area contributed by atoms with Crippen molar-refractivity contribution in [1.29, 1.82) is 0 Å². The van der Waals surface area contributed by atoms with Gasteiger partial charge in [-0.1, -0.05) is 51.1 Å². The van der Waals surface area contributed by atoms with Crippen LogP contribution in [0.3, 0.4) is 0 Å². The molecule has 1 atom stereocenters. The predicted octanol–water partition coefficient (Wildman–Crippen LogP) is 5.52. The molecule has 3 aliphatic rings. The van der Waals surface area contributed by atoms with Gasteiger partial charge in [-0.05, 0) is 79.6 Å². The summed E-state index contributed by atoms with van der Waals surface area (Å²) in [5.74, 6) is 0.696. The molecule has 0 aliphatic heterocycles. The van der Waals surface area contributed by atoms with E-state index in [1.165, 1.54) is 23.3 Å². The number of carbonyl (C=O) groups is 2. The summed E-state index contributed by atoms with van der Waals surface area (Å²) >= 11 is 7.55. The normalized spacial score (nSPS) is 18.9. The van der Waals surface area contributed by atoms with E-state index in [1.807, 2.05) is 6.07 Å². The second-order valence-electron chi connectivity index (χ2n) is 12.4. The van der Waals surface area contributed by atoms with Crippen molar-refractivity contribution >= 4 is 45.5 Å². The second kappa shape index (κ2) is 11.3. The number of nitrogens with one attached hydrogen (secondary N) is 3. The third-order valence-corrected chi connectivity index (χ3v) is 9.00. The molecule has 1 aromatic carbocycles. The molecule has 8 heteroatoms. The summed E-state index contributed by atoms with van der Waals surface area (Å²) in [6.07, 6.45) is 6.80. The Morgan fingerprint density at radius 2 is 1.82 bits per heavy atom. The van der Waals surface area contributed by atoms with Crippen LogP contribution in [0.4, 0.5) is 5.00 Å². The maximum Gasteiger partial charge on any atom is 0.254 e. The lowest BCUT2D eigenvalue weighted by atomic mass is 9.91. The lowest BCUT2D eigenvalue weighted by Crippen LogP contribution is -2.48. The molecule has 3 aliphatic carbocycles. The minimum atomic E-state index is -0.0536. The molecule has 2 fully saturated rings. The highest BCUT2D eigenvalue weighted by Gasteiger charge is 2.34. The molecule has 6 nitrogen and oxygen atoms in total. The highest BCUT2D eigenvalue weighted by atomic mass is 32.1. The maximum absolute atomic E-state index is 13.4. The Morgan fingerprint density at radius 3 is 2.47 bits per heavy atom. The number of thiophene rings is 1. The van der Waals surface area contributed by atoms with Crippen molar-refractivity contribution in [1.82, 2.24) is 15.5 Å². The average Bonchev–Trinajstić information content (AvgIpc) is 3.79. The summed E-state index contributed by atoms with van der Waals surface area (Å²) in [5.41, 5.74) is 3.07. The zero-order valence-electron chi connectivity index (χ0n) is 22.8. The second-order valence-corrected chi connectivity index (χ2v) is 13.9. The molecule has 38 heavy (non-hydrogen) atoms. The average molecular weight is 553 g/mol. The fourth-order valence-electron chi connectivity index (χ4n) is 5.08. The molecular weight excluding hydrogens is 512 g/mol. The van der Waals surface area contributed by atoms with E-state index in [0.717, 1.165) is 60.9 Å². The fraction of sp³-hybridized carbons (Fsp3) is 0.567. The van der Waals surface area contributed by atoms with Gasteiger partial charge < -0.3 is 20.9 Å². The van der Waals surface area contributed by atoms with Crippen LogP contribution in [0.1, 0.15) is 79.2 Å². The van der Waals surface area contributed by atoms with E-state index >= 15 is 0 Å². The number of fused-ring (bicyclic) bond motifs is 1. The van der Waals surface area contributed by atoms with E-state index in [-0.39, 0.29) is 29.2 Å². The molecule has 0 spiro atoms. The van der Waals surface area contributed by atoms with Crippen LogP contribution in [0.25, 0.3) is 0 Å². The molecule has 0 unspecified atom stereocenters. The van der Waals surface area contributed by atoms with Crippen LogP contribution in [0.5, 0.6) is 0 Å². The fourth-order valence-corrected chi connectivity index (χ4v) is 6.62. The Bertz CT molecular complexity index is 1180. The van der Waals surface area contributed by atoms with Crippen molar-refractivity contribution in [3.63, 3.8) is 0 Å². The third kappa shape index (κ3) is 7.14. The largest absolute Gasteiger partial charge is 0.359 e. The molecule has 2 saturated carbocycles. The van der Waals surface area contributed by atoms with Crippen LogP contribution in [-0.2, 0) is 24.2 Å². The van der Waals surface area contributed by atoms with E-state index in [1.54, 1.807) is 11.3 Å². The Balaban J connectivity index is 1.32. The Morgan fingerprint density at radius 1 is 1.08 bits per heavy atom. The number of aryl methyl sites for hydroxylation is 1. The van der Waals surface area contributed by atoms with Gasteiger partial charge in [0.2, 0.25) is 5.91 Å². The summed E-state index contributed by atoms with van der Waals surface area (Å²) in [6.45, 7) is 9.01. The molecule has 5 rings (SSSR count). The third-order valence-electron chi connectivity index (χ3n) is 7.42. The number of anilines is 1. The van der Waals surface area contributed by atoms with Crippen molar-refractivity contribution in [2.75, 3.05) is 18.4 Å². The first-order valence-electron chi connectivity index (χ1n) is 14.0. The first-order chi connectivity index (χ1) is 18.2. The lowest BCUT2D eigenvalue weighted by Gasteiger charge is -2.35. The van der Waals surface area contributed by atoms with E-state index in [9.17, 15) is 9.59 Å². The SMILES string of the molecule is CC(C)(C)CN(Cc1ccccc1)C(=S)N[C@H]1CCc2sc(NC(=O)C3CC3)c(C(=O)NCC3CC3)c2C1. The first kappa shape index (κ1) is 27.1. The number of rotatable bonds is 9. The molecule has 204 valence electrons. The smallest absolute Gasteiger partial charge is 0.254 e. The van der Waals surface area contributed by atoms with Gasteiger partial charge >= 0.3 is 0 Å². The van der Waals surface area contributed by atoms with Crippen LogP contribution in [0.2, 0.25) is 0 Å². The number of thiocarbonyl (C=S) groups is 1. The summed E-state index contributed by atoms with van der Waals surface area (Å²) in [6, 6.07) is 10.6. The van der Waals surface area contributed by atoms with Gasteiger partial charge in [-0.3, -0.25) is 9.59 Å². The number of benzene rings is 1. The highest BCUT2D eigenvalue weighted by Crippen LogP contribution is 2.40. The number of carbonyl (C=O) groups excluding carboxylic acids is 2. The van der Waals surface area contributed by atoms with Crippen LogP contribution in [0, 0.1) is 17.3 Å². The van der Waals surface area contributed by atoms with Gasteiger partial charge in [0.15, 0.2) is 5.11 Å². The van der Waals surface area contributed by atoms with Crippen molar-refractivity contribution in [2.24, 2.45) is 17.3 Å². The van der Waals surface area contributed by atoms with Crippen molar-refractivity contribution in [2.45, 2.75) is 78.3 Å². The monoisotopic (exact) mass is 552 g/mol. The van der Waals surface area contributed by atoms with Gasteiger partial charge in [-0.2, -0.15) is 0 Å². The summed E-state index contributed by atoms with van der Waals surface area (Å²) in [4.78, 5) is 29.5. The van der Waals surface area contributed by atoms with Crippen LogP contribution in [0.15, 0.2) is 30.3 Å². The first-order valence-corrected chi connectivity index (χ1v) is 15.2. The van der Waals surface area contributed by atoms with Gasteiger partial charge in [0, 0.05) is 36.5 Å². The quantitative estimate of drug-likeness (QED) is 0.358. The Hall–Kier alpha value is -2.45. The van der Waals surface area contributed by atoms with E-state index in [2.05, 4.69) is 65.9 Å². The minimum Gasteiger partial charge on any atom is -0.359 e. The molecule has 1 heterocycles. The summed E-state index contributed by atoms with van der Waals surface area (Å²) in [5, 5.41) is 11.4. The number of hydrogen-bond acceptors (Lipinski definition) is 4. The van der Waals surface area contributed by atoms with E-state index in [4.69, 9.17) is 12.2 Å². The van der Waals surface area contributed by atoms with Gasteiger partial charge in [0.25, 0.3) is 5.91 Å². The van der Waals surface area contributed by atoms with Crippen LogP contribution < -0.4 is 16.0 Å². The maximum atomic E-state index is 13.4. The Kier molecular flexibility index (Phi) is 8.10. The molecule has 0 bridgehead atoms. The van der Waals surface area contributed by atoms with Gasteiger partial charge in [-0.15, -0.1) is 11.3 Å². The minimum absolute atomic E-state index is 0.0504. The van der Waals surface area contributed by atoms with Gasteiger partial charge in [-0.25, -0.2) is 0 Å². The zero-order chi connectivity index (χ0) is 26.9. The number of hydrogen-bond donors (Lipinski definition) is 3. The lowest BCUT2D eigenvalue weighted by molar-refractivity contribution is -0.117. The van der Waals surface area contributed by atoms with Crippen molar-refractivity contribution in [3.8, 4) is 0 Å². The van der Waals surface area contributed by atoms with E-state index < -0.39 is 0 Å². The van der Waals surface area contributed by atoms with Gasteiger partial charge in [0.1, 0.15) is 5.00 Å². The van der Waals surface area contributed by atoms with Crippen molar-refractivity contribution in [3.05, 3.63) is 51.9 Å². The summed E-state index contributed by atoms with van der Waals surface area (Å²) < 4.78 is 0. The molecule has 3 N–H and O–H groups in total. The molecule has 1 aromatic heterocycles. The van der Waals surface area contributed by atoms with Crippen LogP contribution in [-0.4, -0.2) is 41.0 Å². The standard InChI is InChI=1S/C30H40N4O2S2/c1-30(2,3)18-34(17-20-7-5-4-6-8-20)29(37)32-22-13-14-24-23(15-22)25(27(36)31-16-19-9-10-19)28(38-24)33-26(35)21-11-12-21/h4-8,19,21-22H,9-18H2,1-3H3,(H,31,36)(H,32,37)(H,33,35)/t22-/m0/s1. The zero-order valence-corrected chi connectivity index (χ0v) is 24.4. The van der Waals surface area contributed by atoms with Crippen LogP contribution >= 0.6 is 23.6 Å². The predicted molar refractivity (Wildman–Crippen MR) is 159 cm³/mol. The number of amides is 2. The summed E-state index contributed by atoms with van der Waals surface area (Å²) in [7, 11) is 0. The molecule has 2 amide bonds. The van der Waals surface area contributed by atoms with Crippen molar-refractivity contribution < 1.29 is 9.59 Å². The molecular formula is C30H40N4O2S2. The number of nitrogens with zero attached hydrogens (tertiary/aromatic N) is 1. The van der Waals surface area contributed by atoms with Gasteiger partial charge in [0.05, 0.1) is 5.56 Å². The van der Waals surface area contributed by atoms with E-state index in [0.29, 0.717) is 18.0 Å². The Labute approximate surface area is 236 Å². The molecule has 2 aromatic rings.